The molecule has 24 heavy (non-hydrogen) atoms. The SMILES string of the molecule is CC(C)CS(=O)(=O)C1CN(C(=O)c2cnn(-c3ccccc3)n2)C1. The Labute approximate surface area is 141 Å². The van der Waals surface area contributed by atoms with Crippen LogP contribution in [-0.2, 0) is 9.84 Å². The summed E-state index contributed by atoms with van der Waals surface area (Å²) in [6.45, 7) is 4.21. The Morgan fingerprint density at radius 3 is 2.54 bits per heavy atom. The van der Waals surface area contributed by atoms with E-state index in [1.165, 1.54) is 15.9 Å². The van der Waals surface area contributed by atoms with Crippen LogP contribution in [0.4, 0.5) is 0 Å². The smallest absolute Gasteiger partial charge is 0.276 e. The van der Waals surface area contributed by atoms with Crippen molar-refractivity contribution >= 4 is 15.7 Å². The van der Waals surface area contributed by atoms with Crippen molar-refractivity contribution in [2.24, 2.45) is 5.92 Å². The zero-order chi connectivity index (χ0) is 17.3. The second-order valence-corrected chi connectivity index (χ2v) is 8.74. The minimum Gasteiger partial charge on any atom is -0.334 e. The molecule has 1 amide bonds. The molecule has 2 aromatic rings. The molecular weight excluding hydrogens is 328 g/mol. The quantitative estimate of drug-likeness (QED) is 0.809. The van der Waals surface area contributed by atoms with Crippen molar-refractivity contribution in [3.63, 3.8) is 0 Å². The molecule has 7 nitrogen and oxygen atoms in total. The van der Waals surface area contributed by atoms with Crippen LogP contribution in [0.2, 0.25) is 0 Å². The molecule has 0 saturated carbocycles. The Hall–Kier alpha value is -2.22. The summed E-state index contributed by atoms with van der Waals surface area (Å²) in [7, 11) is -3.14. The van der Waals surface area contributed by atoms with E-state index in [1.54, 1.807) is 0 Å². The predicted molar refractivity (Wildman–Crippen MR) is 89.7 cm³/mol. The zero-order valence-electron chi connectivity index (χ0n) is 13.7. The molecule has 1 aliphatic rings. The number of nitrogens with zero attached hydrogens (tertiary/aromatic N) is 4. The maximum Gasteiger partial charge on any atom is 0.276 e. The second kappa shape index (κ2) is 6.35. The van der Waals surface area contributed by atoms with Gasteiger partial charge in [-0.05, 0) is 18.1 Å². The first kappa shape index (κ1) is 16.6. The molecule has 128 valence electrons. The molecule has 0 atom stereocenters. The van der Waals surface area contributed by atoms with Gasteiger partial charge in [0.1, 0.15) is 0 Å². The summed E-state index contributed by atoms with van der Waals surface area (Å²) in [5.74, 6) is -0.0390. The van der Waals surface area contributed by atoms with Crippen LogP contribution in [0.25, 0.3) is 5.69 Å². The Balaban J connectivity index is 1.64. The van der Waals surface area contributed by atoms with Crippen molar-refractivity contribution in [2.45, 2.75) is 19.1 Å². The molecular formula is C16H20N4O3S. The summed E-state index contributed by atoms with van der Waals surface area (Å²) >= 11 is 0. The van der Waals surface area contributed by atoms with Gasteiger partial charge >= 0.3 is 0 Å². The normalized spacial score (nSPS) is 15.5. The number of likely N-dealkylation sites (tertiary alicyclic amines) is 1. The van der Waals surface area contributed by atoms with Gasteiger partial charge in [-0.2, -0.15) is 9.90 Å². The first-order chi connectivity index (χ1) is 11.4. The van der Waals surface area contributed by atoms with Crippen LogP contribution in [0, 0.1) is 5.92 Å². The molecule has 1 fully saturated rings. The lowest BCUT2D eigenvalue weighted by Crippen LogP contribution is -2.57. The van der Waals surface area contributed by atoms with E-state index in [4.69, 9.17) is 0 Å². The summed E-state index contributed by atoms with van der Waals surface area (Å²) in [5.41, 5.74) is 0.983. The minimum atomic E-state index is -3.14. The van der Waals surface area contributed by atoms with Crippen molar-refractivity contribution in [1.82, 2.24) is 19.9 Å². The van der Waals surface area contributed by atoms with Crippen molar-refractivity contribution in [1.29, 1.82) is 0 Å². The number of aromatic nitrogens is 3. The molecule has 1 aromatic heterocycles. The van der Waals surface area contributed by atoms with Gasteiger partial charge in [0.15, 0.2) is 15.5 Å². The van der Waals surface area contributed by atoms with Gasteiger partial charge in [0.2, 0.25) is 0 Å². The molecule has 0 bridgehead atoms. The minimum absolute atomic E-state index is 0.0884. The summed E-state index contributed by atoms with van der Waals surface area (Å²) in [5, 5.41) is 7.81. The van der Waals surface area contributed by atoms with E-state index in [0.717, 1.165) is 5.69 Å². The van der Waals surface area contributed by atoms with E-state index in [1.807, 2.05) is 44.2 Å². The molecule has 0 unspecified atom stereocenters. The van der Waals surface area contributed by atoms with Gasteiger partial charge in [-0.25, -0.2) is 8.42 Å². The Morgan fingerprint density at radius 1 is 1.25 bits per heavy atom. The molecule has 1 aromatic carbocycles. The Bertz CT molecular complexity index is 824. The topological polar surface area (TPSA) is 85.2 Å². The highest BCUT2D eigenvalue weighted by atomic mass is 32.2. The highest BCUT2D eigenvalue weighted by Crippen LogP contribution is 2.21. The first-order valence-electron chi connectivity index (χ1n) is 7.85. The number of para-hydroxylation sites is 1. The fourth-order valence-corrected chi connectivity index (χ4v) is 4.66. The third-order valence-corrected chi connectivity index (χ3v) is 6.35. The number of benzene rings is 1. The molecule has 1 aliphatic heterocycles. The van der Waals surface area contributed by atoms with E-state index in [-0.39, 0.29) is 36.4 Å². The Morgan fingerprint density at radius 2 is 1.92 bits per heavy atom. The number of amides is 1. The van der Waals surface area contributed by atoms with Gasteiger partial charge in [0.05, 0.1) is 22.9 Å². The maximum atomic E-state index is 12.4. The maximum absolute atomic E-state index is 12.4. The van der Waals surface area contributed by atoms with Gasteiger partial charge in [-0.15, -0.1) is 5.10 Å². The molecule has 0 aliphatic carbocycles. The number of hydrogen-bond donors (Lipinski definition) is 0. The summed E-state index contributed by atoms with van der Waals surface area (Å²) in [6, 6.07) is 9.29. The van der Waals surface area contributed by atoms with E-state index < -0.39 is 15.1 Å². The van der Waals surface area contributed by atoms with Crippen LogP contribution < -0.4 is 0 Å². The number of rotatable bonds is 5. The van der Waals surface area contributed by atoms with Crippen molar-refractivity contribution in [3.8, 4) is 5.69 Å². The fraction of sp³-hybridized carbons (Fsp3) is 0.438. The van der Waals surface area contributed by atoms with Crippen LogP contribution in [0.1, 0.15) is 24.3 Å². The number of carbonyl (C=O) groups is 1. The first-order valence-corrected chi connectivity index (χ1v) is 9.57. The highest BCUT2D eigenvalue weighted by molar-refractivity contribution is 7.92. The van der Waals surface area contributed by atoms with Gasteiger partial charge in [0, 0.05) is 13.1 Å². The van der Waals surface area contributed by atoms with Gasteiger partial charge in [0.25, 0.3) is 5.91 Å². The molecule has 2 heterocycles. The zero-order valence-corrected chi connectivity index (χ0v) is 14.5. The van der Waals surface area contributed by atoms with Gasteiger partial charge in [-0.3, -0.25) is 4.79 Å². The number of sulfone groups is 1. The third kappa shape index (κ3) is 3.33. The van der Waals surface area contributed by atoms with Crippen LogP contribution in [0.5, 0.6) is 0 Å². The highest BCUT2D eigenvalue weighted by Gasteiger charge is 2.40. The van der Waals surface area contributed by atoms with Crippen LogP contribution in [-0.4, -0.2) is 58.3 Å². The predicted octanol–water partition coefficient (Wildman–Crippen LogP) is 1.16. The molecule has 0 radical (unpaired) electrons. The monoisotopic (exact) mass is 348 g/mol. The van der Waals surface area contributed by atoms with Crippen molar-refractivity contribution in [3.05, 3.63) is 42.2 Å². The standard InChI is InChI=1S/C16H20N4O3S/c1-12(2)11-24(22,23)14-9-19(10-14)16(21)15-8-17-20(18-15)13-6-4-3-5-7-13/h3-8,12,14H,9-11H2,1-2H3. The van der Waals surface area contributed by atoms with Gasteiger partial charge in [-0.1, -0.05) is 32.0 Å². The lowest BCUT2D eigenvalue weighted by atomic mass is 10.2. The molecule has 0 N–H and O–H groups in total. The Kier molecular flexibility index (Phi) is 4.40. The van der Waals surface area contributed by atoms with Crippen molar-refractivity contribution < 1.29 is 13.2 Å². The van der Waals surface area contributed by atoms with Crippen LogP contribution >= 0.6 is 0 Å². The largest absolute Gasteiger partial charge is 0.334 e. The third-order valence-electron chi connectivity index (χ3n) is 3.91. The lowest BCUT2D eigenvalue weighted by Gasteiger charge is -2.38. The van der Waals surface area contributed by atoms with Gasteiger partial charge < -0.3 is 4.90 Å². The average molecular weight is 348 g/mol. The van der Waals surface area contributed by atoms with E-state index >= 15 is 0 Å². The van der Waals surface area contributed by atoms with Crippen LogP contribution in [0.3, 0.4) is 0 Å². The molecule has 8 heteroatoms. The van der Waals surface area contributed by atoms with Crippen LogP contribution in [0.15, 0.2) is 36.5 Å². The summed E-state index contributed by atoms with van der Waals surface area (Å²) in [4.78, 5) is 15.3. The summed E-state index contributed by atoms with van der Waals surface area (Å²) in [6.07, 6.45) is 1.41. The van der Waals surface area contributed by atoms with Crippen molar-refractivity contribution in [2.75, 3.05) is 18.8 Å². The lowest BCUT2D eigenvalue weighted by molar-refractivity contribution is 0.0652. The number of hydrogen-bond acceptors (Lipinski definition) is 5. The average Bonchev–Trinajstić information content (AvgIpc) is 2.94. The molecule has 3 rings (SSSR count). The molecule has 0 spiro atoms. The van der Waals surface area contributed by atoms with E-state index in [9.17, 15) is 13.2 Å². The van der Waals surface area contributed by atoms with E-state index in [2.05, 4.69) is 10.2 Å². The fourth-order valence-electron chi connectivity index (χ4n) is 2.64. The molecule has 1 saturated heterocycles. The van der Waals surface area contributed by atoms with E-state index in [0.29, 0.717) is 0 Å². The number of carbonyl (C=O) groups excluding carboxylic acids is 1. The second-order valence-electron chi connectivity index (χ2n) is 6.41. The summed E-state index contributed by atoms with van der Waals surface area (Å²) < 4.78 is 24.3.